The van der Waals surface area contributed by atoms with E-state index >= 15 is 0 Å². The minimum absolute atomic E-state index is 0.597. The van der Waals surface area contributed by atoms with Gasteiger partial charge < -0.3 is 13.9 Å². The van der Waals surface area contributed by atoms with Crippen LogP contribution in [-0.4, -0.2) is 24.4 Å². The molecule has 130 valence electrons. The molecule has 0 radical (unpaired) electrons. The average Bonchev–Trinajstić information content (AvgIpc) is 3.20. The molecule has 2 heterocycles. The summed E-state index contributed by atoms with van der Waals surface area (Å²) in [5.74, 6) is 1.97. The molecule has 2 aromatic carbocycles. The lowest BCUT2D eigenvalue weighted by Crippen LogP contribution is -2.03. The van der Waals surface area contributed by atoms with Crippen molar-refractivity contribution in [1.82, 2.24) is 10.2 Å². The molecule has 6 nitrogen and oxygen atoms in total. The minimum Gasteiger partial charge on any atom is -0.493 e. The van der Waals surface area contributed by atoms with Gasteiger partial charge in [0.2, 0.25) is 5.13 Å². The van der Waals surface area contributed by atoms with Gasteiger partial charge in [0.05, 0.1) is 19.6 Å². The third-order valence-corrected chi connectivity index (χ3v) is 4.47. The molecule has 0 saturated heterocycles. The second-order valence-corrected chi connectivity index (χ2v) is 6.21. The van der Waals surface area contributed by atoms with E-state index in [4.69, 9.17) is 13.9 Å². The Labute approximate surface area is 153 Å². The van der Waals surface area contributed by atoms with Gasteiger partial charge >= 0.3 is 0 Å². The van der Waals surface area contributed by atoms with Crippen LogP contribution in [0, 0.1) is 0 Å². The molecule has 0 aliphatic carbocycles. The van der Waals surface area contributed by atoms with Crippen molar-refractivity contribution in [2.75, 3.05) is 14.2 Å². The van der Waals surface area contributed by atoms with Crippen LogP contribution in [0.2, 0.25) is 0 Å². The van der Waals surface area contributed by atoms with Gasteiger partial charge in [0.25, 0.3) is 0 Å². The Hall–Kier alpha value is -3.19. The van der Waals surface area contributed by atoms with Crippen molar-refractivity contribution in [2.24, 2.45) is 4.99 Å². The first-order chi connectivity index (χ1) is 12.8. The predicted octanol–water partition coefficient (Wildman–Crippen LogP) is 4.20. The van der Waals surface area contributed by atoms with Crippen molar-refractivity contribution in [1.29, 1.82) is 0 Å². The summed E-state index contributed by atoms with van der Waals surface area (Å²) in [6.45, 7) is 0. The van der Waals surface area contributed by atoms with Crippen LogP contribution in [0.15, 0.2) is 63.5 Å². The molecule has 0 atom stereocenters. The summed E-state index contributed by atoms with van der Waals surface area (Å²) in [5.41, 5.74) is 3.26. The van der Waals surface area contributed by atoms with Crippen molar-refractivity contribution in [2.45, 2.75) is 0 Å². The molecule has 0 unspecified atom stereocenters. The van der Waals surface area contributed by atoms with E-state index in [1.165, 1.54) is 11.3 Å². The van der Waals surface area contributed by atoms with Crippen LogP contribution in [0.3, 0.4) is 0 Å². The summed E-state index contributed by atoms with van der Waals surface area (Å²) in [4.78, 5) is 4.62. The van der Waals surface area contributed by atoms with Crippen molar-refractivity contribution in [3.05, 3.63) is 59.4 Å². The van der Waals surface area contributed by atoms with E-state index in [0.717, 1.165) is 21.9 Å². The van der Waals surface area contributed by atoms with E-state index in [0.29, 0.717) is 22.4 Å². The Morgan fingerprint density at radius 2 is 1.85 bits per heavy atom. The molecule has 0 spiro atoms. The van der Waals surface area contributed by atoms with E-state index in [2.05, 4.69) is 15.2 Å². The summed E-state index contributed by atoms with van der Waals surface area (Å²) < 4.78 is 16.8. The van der Waals surface area contributed by atoms with Gasteiger partial charge in [0, 0.05) is 17.0 Å². The van der Waals surface area contributed by atoms with E-state index in [-0.39, 0.29) is 0 Å². The van der Waals surface area contributed by atoms with Crippen LogP contribution in [-0.2, 0) is 0 Å². The van der Waals surface area contributed by atoms with Crippen LogP contribution in [0.1, 0.15) is 0 Å². The van der Waals surface area contributed by atoms with Gasteiger partial charge in [-0.05, 0) is 30.3 Å². The molecule has 0 N–H and O–H groups in total. The highest BCUT2D eigenvalue weighted by Gasteiger charge is 2.10. The van der Waals surface area contributed by atoms with Gasteiger partial charge in [0.1, 0.15) is 16.9 Å². The number of nitrogens with zero attached hydrogens (tertiary/aromatic N) is 3. The number of ether oxygens (including phenoxy) is 2. The van der Waals surface area contributed by atoms with E-state index in [1.54, 1.807) is 19.7 Å². The topological polar surface area (TPSA) is 69.7 Å². The largest absolute Gasteiger partial charge is 0.493 e. The maximum Gasteiger partial charge on any atom is 0.231 e. The molecule has 0 saturated carbocycles. The van der Waals surface area contributed by atoms with Crippen molar-refractivity contribution in [3.8, 4) is 22.8 Å². The minimum atomic E-state index is 0.597. The smallest absolute Gasteiger partial charge is 0.231 e. The molecule has 0 aliphatic heterocycles. The lowest BCUT2D eigenvalue weighted by molar-refractivity contribution is 0.355. The first-order valence-electron chi connectivity index (χ1n) is 7.84. The second-order valence-electron chi connectivity index (χ2n) is 5.39. The molecule has 26 heavy (non-hydrogen) atoms. The fourth-order valence-electron chi connectivity index (χ4n) is 2.66. The quantitative estimate of drug-likeness (QED) is 0.542. The molecule has 2 aromatic heterocycles. The van der Waals surface area contributed by atoms with Crippen LogP contribution in [0.5, 0.6) is 11.5 Å². The highest BCUT2D eigenvalue weighted by molar-refractivity contribution is 7.13. The van der Waals surface area contributed by atoms with Gasteiger partial charge in [-0.15, -0.1) is 10.2 Å². The van der Waals surface area contributed by atoms with Gasteiger partial charge in [-0.3, -0.25) is 0 Å². The van der Waals surface area contributed by atoms with E-state index in [1.807, 2.05) is 48.5 Å². The zero-order valence-corrected chi connectivity index (χ0v) is 15.0. The fraction of sp³-hybridized carbons (Fsp3) is 0.105. The molecular formula is C19H15N3O3S. The third kappa shape index (κ3) is 3.04. The van der Waals surface area contributed by atoms with Gasteiger partial charge in [-0.25, -0.2) is 4.99 Å². The third-order valence-electron chi connectivity index (χ3n) is 3.88. The van der Waals surface area contributed by atoms with Crippen molar-refractivity contribution < 1.29 is 13.9 Å². The van der Waals surface area contributed by atoms with Gasteiger partial charge in [-0.2, -0.15) is 0 Å². The summed E-state index contributed by atoms with van der Waals surface area (Å²) in [6, 6.07) is 15.3. The van der Waals surface area contributed by atoms with Gasteiger partial charge in [0.15, 0.2) is 11.5 Å². The maximum absolute atomic E-state index is 6.09. The van der Waals surface area contributed by atoms with E-state index < -0.39 is 0 Å². The number of aromatic nitrogens is 2. The Morgan fingerprint density at radius 3 is 2.62 bits per heavy atom. The number of para-hydroxylation sites is 1. The Bertz CT molecular complexity index is 1120. The van der Waals surface area contributed by atoms with Crippen LogP contribution in [0.4, 0.5) is 5.13 Å². The molecule has 4 rings (SSSR count). The van der Waals surface area contributed by atoms with Crippen LogP contribution >= 0.6 is 11.3 Å². The van der Waals surface area contributed by atoms with Gasteiger partial charge in [-0.1, -0.05) is 23.5 Å². The first-order valence-corrected chi connectivity index (χ1v) is 8.72. The number of benzene rings is 2. The molecular weight excluding hydrogens is 350 g/mol. The average molecular weight is 365 g/mol. The lowest BCUT2D eigenvalue weighted by Gasteiger charge is -2.10. The second kappa shape index (κ2) is 6.97. The molecule has 0 fully saturated rings. The van der Waals surface area contributed by atoms with Crippen molar-refractivity contribution >= 4 is 27.4 Å². The van der Waals surface area contributed by atoms with Crippen LogP contribution in [0.25, 0.3) is 22.3 Å². The standard InChI is InChI=1S/C19H15N3O3S/c1-23-16-8-7-12(9-18(16)24-2)17-10-14(21-19-22-20-11-26-19)13-5-3-4-6-15(13)25-17/h3-11H,1-2H3. The zero-order chi connectivity index (χ0) is 17.9. The summed E-state index contributed by atoms with van der Waals surface area (Å²) in [7, 11) is 3.21. The normalized spacial score (nSPS) is 11.7. The predicted molar refractivity (Wildman–Crippen MR) is 99.9 cm³/mol. The van der Waals surface area contributed by atoms with Crippen molar-refractivity contribution in [3.63, 3.8) is 0 Å². The SMILES string of the molecule is COc1ccc(-c2cc(=Nc3nncs3)c3ccccc3o2)cc1OC. The molecule has 0 amide bonds. The highest BCUT2D eigenvalue weighted by atomic mass is 32.1. The number of rotatable bonds is 4. The Balaban J connectivity index is 1.94. The molecule has 0 aliphatic rings. The summed E-state index contributed by atoms with van der Waals surface area (Å²) >= 11 is 1.38. The lowest BCUT2D eigenvalue weighted by atomic mass is 10.1. The molecule has 4 aromatic rings. The highest BCUT2D eigenvalue weighted by Crippen LogP contribution is 2.32. The number of methoxy groups -OCH3 is 2. The monoisotopic (exact) mass is 365 g/mol. The first kappa shape index (κ1) is 16.3. The summed E-state index contributed by atoms with van der Waals surface area (Å²) in [5, 5.41) is 10.1. The molecule has 7 heteroatoms. The number of hydrogen-bond acceptors (Lipinski definition) is 7. The summed E-state index contributed by atoms with van der Waals surface area (Å²) in [6.07, 6.45) is 0. The number of hydrogen-bond donors (Lipinski definition) is 0. The maximum atomic E-state index is 6.09. The number of fused-ring (bicyclic) bond motifs is 1. The molecule has 0 bridgehead atoms. The zero-order valence-electron chi connectivity index (χ0n) is 14.2. The van der Waals surface area contributed by atoms with Crippen LogP contribution < -0.4 is 14.8 Å². The fourth-order valence-corrected chi connectivity index (χ4v) is 3.09. The van der Waals surface area contributed by atoms with E-state index in [9.17, 15) is 0 Å². The Morgan fingerprint density at radius 1 is 1.00 bits per heavy atom. The Kier molecular flexibility index (Phi) is 4.37.